The molecule has 5 nitrogen and oxygen atoms in total. The van der Waals surface area contributed by atoms with E-state index in [0.717, 1.165) is 24.3 Å². The second-order valence-electron chi connectivity index (χ2n) is 6.49. The molecule has 0 saturated heterocycles. The number of nitrogens with zero attached hydrogens (tertiary/aromatic N) is 2. The van der Waals surface area contributed by atoms with Crippen LogP contribution >= 0.6 is 0 Å². The molecule has 2 rings (SSSR count). The maximum Gasteiger partial charge on any atom is 0.269 e. The second-order valence-corrected chi connectivity index (χ2v) is 6.49. The van der Waals surface area contributed by atoms with Gasteiger partial charge in [-0.15, -0.1) is 0 Å². The van der Waals surface area contributed by atoms with Gasteiger partial charge in [0.1, 0.15) is 11.4 Å². The number of rotatable bonds is 7. The van der Waals surface area contributed by atoms with Crippen LogP contribution in [0.2, 0.25) is 0 Å². The molecule has 0 aliphatic heterocycles. The van der Waals surface area contributed by atoms with Crippen molar-refractivity contribution in [3.05, 3.63) is 47.3 Å². The monoisotopic (exact) mass is 329 g/mol. The van der Waals surface area contributed by atoms with Crippen LogP contribution in [0.5, 0.6) is 5.75 Å². The number of nitrogens with one attached hydrogen (secondary N) is 1. The zero-order chi connectivity index (χ0) is 17.7. The number of methoxy groups -OCH3 is 1. The Morgan fingerprint density at radius 3 is 2.46 bits per heavy atom. The lowest BCUT2D eigenvalue weighted by Gasteiger charge is -2.14. The number of aryl methyl sites for hydroxylation is 2. The highest BCUT2D eigenvalue weighted by atomic mass is 16.5. The molecule has 0 aliphatic carbocycles. The summed E-state index contributed by atoms with van der Waals surface area (Å²) >= 11 is 0. The number of ether oxygens (including phenoxy) is 1. The lowest BCUT2D eigenvalue weighted by atomic mass is 10.1. The Bertz CT molecular complexity index is 674. The van der Waals surface area contributed by atoms with Crippen molar-refractivity contribution < 1.29 is 9.53 Å². The maximum absolute atomic E-state index is 12.4. The van der Waals surface area contributed by atoms with E-state index in [0.29, 0.717) is 11.6 Å². The van der Waals surface area contributed by atoms with Gasteiger partial charge in [0.25, 0.3) is 5.91 Å². The number of amides is 1. The SMILES string of the molecule is COc1ccc(CC[C@H](C)NC(=O)c2cc(C(C)C)nn2C)cc1. The lowest BCUT2D eigenvalue weighted by molar-refractivity contribution is 0.0929. The Morgan fingerprint density at radius 1 is 1.25 bits per heavy atom. The first-order chi connectivity index (χ1) is 11.4. The van der Waals surface area contributed by atoms with Gasteiger partial charge in [-0.3, -0.25) is 9.48 Å². The summed E-state index contributed by atoms with van der Waals surface area (Å²) in [4.78, 5) is 12.4. The van der Waals surface area contributed by atoms with E-state index < -0.39 is 0 Å². The first-order valence-electron chi connectivity index (χ1n) is 8.38. The molecule has 2 aromatic rings. The molecule has 1 atom stereocenters. The van der Waals surface area contributed by atoms with Gasteiger partial charge in [-0.2, -0.15) is 5.10 Å². The second kappa shape index (κ2) is 7.99. The summed E-state index contributed by atoms with van der Waals surface area (Å²) in [5.74, 6) is 1.10. The van der Waals surface area contributed by atoms with E-state index in [-0.39, 0.29) is 11.9 Å². The van der Waals surface area contributed by atoms with Crippen molar-refractivity contribution in [1.29, 1.82) is 0 Å². The van der Waals surface area contributed by atoms with Crippen molar-refractivity contribution in [3.8, 4) is 5.75 Å². The van der Waals surface area contributed by atoms with Crippen LogP contribution in [0.25, 0.3) is 0 Å². The molecule has 1 N–H and O–H groups in total. The van der Waals surface area contributed by atoms with Gasteiger partial charge >= 0.3 is 0 Å². The van der Waals surface area contributed by atoms with Gasteiger partial charge in [0.2, 0.25) is 0 Å². The molecule has 0 saturated carbocycles. The molecule has 24 heavy (non-hydrogen) atoms. The average Bonchev–Trinajstić information content (AvgIpc) is 2.95. The summed E-state index contributed by atoms with van der Waals surface area (Å²) in [6.07, 6.45) is 1.79. The zero-order valence-corrected chi connectivity index (χ0v) is 15.2. The van der Waals surface area contributed by atoms with Gasteiger partial charge < -0.3 is 10.1 Å². The minimum absolute atomic E-state index is 0.0702. The molecule has 1 heterocycles. The third-order valence-electron chi connectivity index (χ3n) is 4.13. The Balaban J connectivity index is 1.89. The molecule has 0 aliphatic rings. The molecule has 0 fully saturated rings. The highest BCUT2D eigenvalue weighted by Gasteiger charge is 2.16. The standard InChI is InChI=1S/C19H27N3O2/c1-13(2)17-12-18(22(4)21-17)19(23)20-14(3)6-7-15-8-10-16(24-5)11-9-15/h8-14H,6-7H2,1-5H3,(H,20,23)/t14-/m0/s1. The highest BCUT2D eigenvalue weighted by molar-refractivity contribution is 5.92. The highest BCUT2D eigenvalue weighted by Crippen LogP contribution is 2.15. The van der Waals surface area contributed by atoms with E-state index in [1.807, 2.05) is 32.2 Å². The summed E-state index contributed by atoms with van der Waals surface area (Å²) in [6.45, 7) is 6.17. The molecule has 1 aromatic carbocycles. The fourth-order valence-electron chi connectivity index (χ4n) is 2.53. The van der Waals surface area contributed by atoms with E-state index in [2.05, 4.69) is 36.4 Å². The fraction of sp³-hybridized carbons (Fsp3) is 0.474. The van der Waals surface area contributed by atoms with E-state index in [9.17, 15) is 4.79 Å². The van der Waals surface area contributed by atoms with Crippen molar-refractivity contribution in [3.63, 3.8) is 0 Å². The van der Waals surface area contributed by atoms with Gasteiger partial charge in [0, 0.05) is 13.1 Å². The van der Waals surface area contributed by atoms with Crippen LogP contribution < -0.4 is 10.1 Å². The molecule has 0 spiro atoms. The zero-order valence-electron chi connectivity index (χ0n) is 15.2. The lowest BCUT2D eigenvalue weighted by Crippen LogP contribution is -2.34. The molecule has 1 aromatic heterocycles. The van der Waals surface area contributed by atoms with Crippen LogP contribution in [0.3, 0.4) is 0 Å². The summed E-state index contributed by atoms with van der Waals surface area (Å²) < 4.78 is 6.81. The Labute approximate surface area is 144 Å². The van der Waals surface area contributed by atoms with Gasteiger partial charge in [-0.05, 0) is 49.4 Å². The van der Waals surface area contributed by atoms with Crippen LogP contribution in [0.1, 0.15) is 54.9 Å². The van der Waals surface area contributed by atoms with Crippen molar-refractivity contribution in [2.75, 3.05) is 7.11 Å². The van der Waals surface area contributed by atoms with Crippen molar-refractivity contribution in [1.82, 2.24) is 15.1 Å². The molecule has 0 radical (unpaired) electrons. The number of carbonyl (C=O) groups is 1. The van der Waals surface area contributed by atoms with Crippen molar-refractivity contribution >= 4 is 5.91 Å². The van der Waals surface area contributed by atoms with Gasteiger partial charge in [-0.25, -0.2) is 0 Å². The van der Waals surface area contributed by atoms with Gasteiger partial charge in [0.05, 0.1) is 12.8 Å². The largest absolute Gasteiger partial charge is 0.497 e. The van der Waals surface area contributed by atoms with E-state index >= 15 is 0 Å². The number of carbonyl (C=O) groups excluding carboxylic acids is 1. The van der Waals surface area contributed by atoms with E-state index in [4.69, 9.17) is 4.74 Å². The Morgan fingerprint density at radius 2 is 1.92 bits per heavy atom. The van der Waals surface area contributed by atoms with Crippen LogP contribution in [-0.4, -0.2) is 28.8 Å². The summed E-state index contributed by atoms with van der Waals surface area (Å²) in [6, 6.07) is 10.0. The summed E-state index contributed by atoms with van der Waals surface area (Å²) in [5, 5.41) is 7.45. The number of hydrogen-bond acceptors (Lipinski definition) is 3. The minimum atomic E-state index is -0.0702. The maximum atomic E-state index is 12.4. The minimum Gasteiger partial charge on any atom is -0.497 e. The first kappa shape index (κ1) is 18.0. The predicted octanol–water partition coefficient (Wildman–Crippen LogP) is 3.30. The molecular formula is C19H27N3O2. The van der Waals surface area contributed by atoms with E-state index in [1.54, 1.807) is 11.8 Å². The molecule has 0 unspecified atom stereocenters. The van der Waals surface area contributed by atoms with Crippen molar-refractivity contribution in [2.45, 2.75) is 45.6 Å². The summed E-state index contributed by atoms with van der Waals surface area (Å²) in [7, 11) is 3.47. The number of benzene rings is 1. The Hall–Kier alpha value is -2.30. The molecule has 130 valence electrons. The van der Waals surface area contributed by atoms with Crippen molar-refractivity contribution in [2.24, 2.45) is 7.05 Å². The smallest absolute Gasteiger partial charge is 0.269 e. The molecular weight excluding hydrogens is 302 g/mol. The molecule has 0 bridgehead atoms. The van der Waals surface area contributed by atoms with Gasteiger partial charge in [-0.1, -0.05) is 26.0 Å². The fourth-order valence-corrected chi connectivity index (χ4v) is 2.53. The van der Waals surface area contributed by atoms with Crippen LogP contribution in [0, 0.1) is 0 Å². The third kappa shape index (κ3) is 4.60. The predicted molar refractivity (Wildman–Crippen MR) is 95.5 cm³/mol. The topological polar surface area (TPSA) is 56.1 Å². The van der Waals surface area contributed by atoms with Gasteiger partial charge in [0.15, 0.2) is 0 Å². The molecule has 1 amide bonds. The van der Waals surface area contributed by atoms with Crippen LogP contribution in [-0.2, 0) is 13.5 Å². The first-order valence-corrected chi connectivity index (χ1v) is 8.38. The average molecular weight is 329 g/mol. The third-order valence-corrected chi connectivity index (χ3v) is 4.13. The van der Waals surface area contributed by atoms with E-state index in [1.165, 1.54) is 5.56 Å². The number of hydrogen-bond donors (Lipinski definition) is 1. The molecule has 5 heteroatoms. The quantitative estimate of drug-likeness (QED) is 0.848. The Kier molecular flexibility index (Phi) is 6.01. The normalized spacial score (nSPS) is 12.2. The number of aromatic nitrogens is 2. The van der Waals surface area contributed by atoms with Crippen LogP contribution in [0.15, 0.2) is 30.3 Å². The summed E-state index contributed by atoms with van der Waals surface area (Å²) in [5.41, 5.74) is 2.78. The van der Waals surface area contributed by atoms with Crippen LogP contribution in [0.4, 0.5) is 0 Å².